The average Bonchev–Trinajstić information content (AvgIpc) is 3.16. The molecule has 31 heavy (non-hydrogen) atoms. The number of imidazole rings is 1. The molecule has 1 fully saturated rings. The Morgan fingerprint density at radius 2 is 1.81 bits per heavy atom. The molecule has 1 aliphatic heterocycles. The molecule has 1 atom stereocenters. The summed E-state index contributed by atoms with van der Waals surface area (Å²) in [6.07, 6.45) is 2.03. The average molecular weight is 428 g/mol. The lowest BCUT2D eigenvalue weighted by molar-refractivity contribution is -0.00136. The number of amides is 2. The number of carbonyl (C=O) groups excluding carboxylic acids is 3. The highest BCUT2D eigenvalue weighted by atomic mass is 16.6. The number of carbonyl (C=O) groups is 3. The molecule has 1 aromatic heterocycles. The van der Waals surface area contributed by atoms with Gasteiger partial charge in [-0.3, -0.25) is 9.69 Å². The van der Waals surface area contributed by atoms with Gasteiger partial charge in [0.2, 0.25) is 5.78 Å². The van der Waals surface area contributed by atoms with Crippen LogP contribution in [0.5, 0.6) is 0 Å². The normalized spacial score (nSPS) is 16.7. The van der Waals surface area contributed by atoms with Crippen LogP contribution in [0.3, 0.4) is 0 Å². The molecule has 0 saturated carbocycles. The number of piperazine rings is 1. The molecule has 9 nitrogen and oxygen atoms in total. The van der Waals surface area contributed by atoms with E-state index >= 15 is 0 Å². The summed E-state index contributed by atoms with van der Waals surface area (Å²) in [5.74, 6) is -0.156. The van der Waals surface area contributed by atoms with E-state index in [0.29, 0.717) is 0 Å². The second-order valence-corrected chi connectivity index (χ2v) is 8.40. The molecule has 2 heterocycles. The topological polar surface area (TPSA) is 94.0 Å². The minimum absolute atomic E-state index is 0.00143. The maximum atomic E-state index is 13.2. The number of nitrogens with zero attached hydrogens (tertiary/aromatic N) is 4. The van der Waals surface area contributed by atoms with Crippen molar-refractivity contribution in [2.45, 2.75) is 39.0 Å². The highest BCUT2D eigenvalue weighted by Gasteiger charge is 2.40. The summed E-state index contributed by atoms with van der Waals surface area (Å²) in [5, 5.41) is 0. The Kier molecular flexibility index (Phi) is 6.62. The zero-order chi connectivity index (χ0) is 22.6. The first-order valence-corrected chi connectivity index (χ1v) is 10.1. The Bertz CT molecular complexity index is 935. The van der Waals surface area contributed by atoms with Gasteiger partial charge in [-0.2, -0.15) is 0 Å². The first-order valence-electron chi connectivity index (χ1n) is 10.1. The molecule has 166 valence electrons. The number of ether oxygens (including phenoxy) is 2. The van der Waals surface area contributed by atoms with Crippen LogP contribution in [0.15, 0.2) is 42.7 Å². The van der Waals surface area contributed by atoms with Crippen LogP contribution >= 0.6 is 0 Å². The fraction of sp³-hybridized carbons (Fsp3) is 0.455. The fourth-order valence-corrected chi connectivity index (χ4v) is 3.27. The van der Waals surface area contributed by atoms with E-state index in [0.717, 1.165) is 5.56 Å². The van der Waals surface area contributed by atoms with Crippen LogP contribution in [0.25, 0.3) is 0 Å². The quantitative estimate of drug-likeness (QED) is 0.695. The van der Waals surface area contributed by atoms with Crippen LogP contribution in [0.1, 0.15) is 37.0 Å². The summed E-state index contributed by atoms with van der Waals surface area (Å²) in [6.45, 7) is 5.79. The van der Waals surface area contributed by atoms with Gasteiger partial charge in [-0.1, -0.05) is 30.3 Å². The number of hydrogen-bond acceptors (Lipinski definition) is 6. The summed E-state index contributed by atoms with van der Waals surface area (Å²) < 4.78 is 12.5. The molecule has 1 aromatic carbocycles. The van der Waals surface area contributed by atoms with Gasteiger partial charge in [-0.25, -0.2) is 14.6 Å². The molecule has 0 bridgehead atoms. The first-order chi connectivity index (χ1) is 14.7. The highest BCUT2D eigenvalue weighted by Crippen LogP contribution is 2.19. The van der Waals surface area contributed by atoms with E-state index < -0.39 is 23.8 Å². The van der Waals surface area contributed by atoms with Gasteiger partial charge in [-0.15, -0.1) is 0 Å². The number of aryl methyl sites for hydroxylation is 1. The lowest BCUT2D eigenvalue weighted by atomic mass is 10.1. The highest BCUT2D eigenvalue weighted by molar-refractivity contribution is 5.99. The molecule has 3 rings (SSSR count). The number of hydrogen-bond donors (Lipinski definition) is 0. The predicted octanol–water partition coefficient (Wildman–Crippen LogP) is 2.86. The minimum Gasteiger partial charge on any atom is -0.445 e. The molecule has 0 spiro atoms. The summed E-state index contributed by atoms with van der Waals surface area (Å²) >= 11 is 0. The standard InChI is InChI=1S/C22H28N4O5/c1-22(2,3)31-21(29)26-13-12-25(20(28)30-15-16-8-6-5-7-9-16)14-17(26)18(27)19-23-10-11-24(19)4/h5-11,17H,12-15H2,1-4H3/t17-/m0/s1. The molecule has 0 aliphatic carbocycles. The van der Waals surface area contributed by atoms with Crippen LogP contribution in [-0.2, 0) is 23.1 Å². The second kappa shape index (κ2) is 9.20. The van der Waals surface area contributed by atoms with E-state index in [9.17, 15) is 14.4 Å². The minimum atomic E-state index is -0.922. The Morgan fingerprint density at radius 3 is 2.42 bits per heavy atom. The smallest absolute Gasteiger partial charge is 0.411 e. The van der Waals surface area contributed by atoms with Crippen molar-refractivity contribution < 1.29 is 23.9 Å². The van der Waals surface area contributed by atoms with Gasteiger partial charge in [0.15, 0.2) is 5.82 Å². The van der Waals surface area contributed by atoms with Crippen LogP contribution < -0.4 is 0 Å². The van der Waals surface area contributed by atoms with Gasteiger partial charge >= 0.3 is 12.2 Å². The monoisotopic (exact) mass is 428 g/mol. The first kappa shape index (κ1) is 22.3. The summed E-state index contributed by atoms with van der Waals surface area (Å²) in [5.41, 5.74) is 0.156. The van der Waals surface area contributed by atoms with Gasteiger partial charge in [0.25, 0.3) is 0 Å². The van der Waals surface area contributed by atoms with Gasteiger partial charge in [0.05, 0.1) is 6.54 Å². The second-order valence-electron chi connectivity index (χ2n) is 8.40. The van der Waals surface area contributed by atoms with E-state index in [2.05, 4.69) is 4.98 Å². The summed E-state index contributed by atoms with van der Waals surface area (Å²) in [6, 6.07) is 8.42. The zero-order valence-corrected chi connectivity index (χ0v) is 18.3. The van der Waals surface area contributed by atoms with Gasteiger partial charge in [0, 0.05) is 32.5 Å². The number of aromatic nitrogens is 2. The third kappa shape index (κ3) is 5.62. The Morgan fingerprint density at radius 1 is 1.10 bits per heavy atom. The number of benzene rings is 1. The SMILES string of the molecule is Cn1ccnc1C(=O)[C@@H]1CN(C(=O)OCc2ccccc2)CCN1C(=O)OC(C)(C)C. The third-order valence-electron chi connectivity index (χ3n) is 4.82. The number of rotatable bonds is 4. The lowest BCUT2D eigenvalue weighted by Crippen LogP contribution is -2.60. The van der Waals surface area contributed by atoms with E-state index in [1.807, 2.05) is 30.3 Å². The molecule has 1 aliphatic rings. The summed E-state index contributed by atoms with van der Waals surface area (Å²) in [4.78, 5) is 45.5. The van der Waals surface area contributed by atoms with Crippen molar-refractivity contribution in [3.05, 3.63) is 54.1 Å². The maximum absolute atomic E-state index is 13.2. The van der Waals surface area contributed by atoms with Gasteiger partial charge in [0.1, 0.15) is 18.2 Å². The van der Waals surface area contributed by atoms with Crippen molar-refractivity contribution >= 4 is 18.0 Å². The third-order valence-corrected chi connectivity index (χ3v) is 4.82. The van der Waals surface area contributed by atoms with Gasteiger partial charge in [-0.05, 0) is 26.3 Å². The largest absolute Gasteiger partial charge is 0.445 e. The molecule has 0 N–H and O–H groups in total. The number of ketones is 1. The van der Waals surface area contributed by atoms with E-state index in [1.54, 1.807) is 38.6 Å². The van der Waals surface area contributed by atoms with E-state index in [-0.39, 0.29) is 37.8 Å². The zero-order valence-electron chi connectivity index (χ0n) is 18.3. The van der Waals surface area contributed by atoms with Crippen molar-refractivity contribution in [2.24, 2.45) is 7.05 Å². The maximum Gasteiger partial charge on any atom is 0.411 e. The molecular weight excluding hydrogens is 400 g/mol. The molecular formula is C22H28N4O5. The predicted molar refractivity (Wildman–Crippen MR) is 112 cm³/mol. The Hall–Kier alpha value is -3.36. The summed E-state index contributed by atoms with van der Waals surface area (Å²) in [7, 11) is 1.70. The lowest BCUT2D eigenvalue weighted by Gasteiger charge is -2.40. The van der Waals surface area contributed by atoms with Crippen LogP contribution in [0.4, 0.5) is 9.59 Å². The fourth-order valence-electron chi connectivity index (χ4n) is 3.27. The van der Waals surface area contributed by atoms with Crippen LogP contribution in [0, 0.1) is 0 Å². The van der Waals surface area contributed by atoms with Crippen molar-refractivity contribution in [1.82, 2.24) is 19.4 Å². The van der Waals surface area contributed by atoms with Crippen molar-refractivity contribution in [1.29, 1.82) is 0 Å². The molecule has 0 radical (unpaired) electrons. The molecule has 0 unspecified atom stereocenters. The van der Waals surface area contributed by atoms with Crippen molar-refractivity contribution in [3.8, 4) is 0 Å². The van der Waals surface area contributed by atoms with Gasteiger partial charge < -0.3 is 18.9 Å². The number of Topliss-reactive ketones (excluding diaryl/α,β-unsaturated/α-hetero) is 1. The van der Waals surface area contributed by atoms with Crippen molar-refractivity contribution in [2.75, 3.05) is 19.6 Å². The molecule has 9 heteroatoms. The van der Waals surface area contributed by atoms with Crippen LogP contribution in [0.2, 0.25) is 0 Å². The molecule has 2 amide bonds. The Labute approximate surface area is 181 Å². The van der Waals surface area contributed by atoms with Crippen molar-refractivity contribution in [3.63, 3.8) is 0 Å². The Balaban J connectivity index is 1.75. The van der Waals surface area contributed by atoms with E-state index in [1.165, 1.54) is 16.0 Å². The van der Waals surface area contributed by atoms with E-state index in [4.69, 9.17) is 9.47 Å². The van der Waals surface area contributed by atoms with Crippen LogP contribution in [-0.4, -0.2) is 68.6 Å². The molecule has 2 aromatic rings. The molecule has 1 saturated heterocycles.